The number of carbonyl (C=O) groups is 1. The monoisotopic (exact) mass is 317 g/mol. The zero-order valence-corrected chi connectivity index (χ0v) is 13.7. The molecule has 6 heteroatoms. The highest BCUT2D eigenvalue weighted by Gasteiger charge is 2.18. The van der Waals surface area contributed by atoms with Crippen molar-refractivity contribution in [2.75, 3.05) is 6.61 Å². The van der Waals surface area contributed by atoms with Crippen molar-refractivity contribution < 1.29 is 14.6 Å². The summed E-state index contributed by atoms with van der Waals surface area (Å²) >= 11 is 0. The molecule has 0 amide bonds. The highest BCUT2D eigenvalue weighted by Crippen LogP contribution is 2.13. The van der Waals surface area contributed by atoms with E-state index >= 15 is 0 Å². The van der Waals surface area contributed by atoms with Crippen molar-refractivity contribution in [3.05, 3.63) is 41.2 Å². The van der Waals surface area contributed by atoms with Crippen LogP contribution in [0.4, 0.5) is 0 Å². The van der Waals surface area contributed by atoms with E-state index in [9.17, 15) is 9.90 Å². The molecule has 0 aliphatic heterocycles. The maximum atomic E-state index is 11.2. The van der Waals surface area contributed by atoms with Crippen LogP contribution < -0.4 is 4.74 Å². The molecule has 124 valence electrons. The zero-order chi connectivity index (χ0) is 16.7. The number of aryl methyl sites for hydroxylation is 2. The van der Waals surface area contributed by atoms with Crippen LogP contribution in [0.15, 0.2) is 24.3 Å². The Labute approximate surface area is 136 Å². The summed E-state index contributed by atoms with van der Waals surface area (Å²) < 4.78 is 7.37. The minimum atomic E-state index is -1.02. The predicted molar refractivity (Wildman–Crippen MR) is 86.9 cm³/mol. The number of unbranched alkanes of at least 4 members (excludes halogenated alkanes) is 1. The van der Waals surface area contributed by atoms with E-state index in [1.54, 1.807) is 4.68 Å². The van der Waals surface area contributed by atoms with Crippen LogP contribution >= 0.6 is 0 Å². The van der Waals surface area contributed by atoms with E-state index in [1.165, 1.54) is 5.56 Å². The van der Waals surface area contributed by atoms with Crippen LogP contribution in [-0.2, 0) is 13.0 Å². The molecule has 2 rings (SSSR count). The van der Waals surface area contributed by atoms with Gasteiger partial charge in [-0.2, -0.15) is 0 Å². The van der Waals surface area contributed by atoms with Gasteiger partial charge in [-0.05, 0) is 31.9 Å². The third-order valence-corrected chi connectivity index (χ3v) is 3.61. The second-order valence-corrected chi connectivity index (χ2v) is 5.53. The molecule has 0 radical (unpaired) electrons. The highest BCUT2D eigenvalue weighted by molar-refractivity contribution is 5.86. The lowest BCUT2D eigenvalue weighted by Crippen LogP contribution is -2.11. The lowest BCUT2D eigenvalue weighted by molar-refractivity contribution is 0.0689. The molecule has 0 fully saturated rings. The molecule has 2 aromatic rings. The van der Waals surface area contributed by atoms with E-state index in [2.05, 4.69) is 17.2 Å². The maximum absolute atomic E-state index is 11.2. The fourth-order valence-corrected chi connectivity index (χ4v) is 2.31. The molecular formula is C17H23N3O3. The molecule has 0 aliphatic rings. The van der Waals surface area contributed by atoms with Gasteiger partial charge in [0.15, 0.2) is 5.69 Å². The number of hydrogen-bond acceptors (Lipinski definition) is 4. The molecule has 0 spiro atoms. The number of aromatic nitrogens is 3. The Morgan fingerprint density at radius 2 is 2.00 bits per heavy atom. The second-order valence-electron chi connectivity index (χ2n) is 5.53. The van der Waals surface area contributed by atoms with Crippen molar-refractivity contribution in [2.45, 2.75) is 46.1 Å². The van der Waals surface area contributed by atoms with Crippen LogP contribution in [-0.4, -0.2) is 32.7 Å². The molecule has 1 N–H and O–H groups in total. The number of rotatable bonds is 9. The number of carboxylic acid groups (broad SMARTS) is 1. The van der Waals surface area contributed by atoms with Crippen LogP contribution in [0.1, 0.15) is 47.9 Å². The Morgan fingerprint density at radius 1 is 1.26 bits per heavy atom. The van der Waals surface area contributed by atoms with Gasteiger partial charge in [-0.3, -0.25) is 0 Å². The number of hydrogen-bond donors (Lipinski definition) is 1. The molecule has 0 bridgehead atoms. The first-order valence-corrected chi connectivity index (χ1v) is 7.97. The summed E-state index contributed by atoms with van der Waals surface area (Å²) in [6, 6.07) is 7.91. The summed E-state index contributed by atoms with van der Waals surface area (Å²) in [4.78, 5) is 11.2. The summed E-state index contributed by atoms with van der Waals surface area (Å²) in [5.41, 5.74) is 1.97. The second kappa shape index (κ2) is 8.31. The van der Waals surface area contributed by atoms with Gasteiger partial charge in [-0.15, -0.1) is 5.10 Å². The van der Waals surface area contributed by atoms with E-state index < -0.39 is 5.97 Å². The molecular weight excluding hydrogens is 294 g/mol. The van der Waals surface area contributed by atoms with Crippen LogP contribution in [0.5, 0.6) is 5.75 Å². The summed E-state index contributed by atoms with van der Waals surface area (Å²) in [7, 11) is 0. The van der Waals surface area contributed by atoms with Gasteiger partial charge in [-0.1, -0.05) is 36.3 Å². The van der Waals surface area contributed by atoms with Crippen LogP contribution in [0, 0.1) is 6.92 Å². The van der Waals surface area contributed by atoms with Gasteiger partial charge in [-0.25, -0.2) is 9.48 Å². The Morgan fingerprint density at radius 3 is 2.65 bits per heavy atom. The topological polar surface area (TPSA) is 77.2 Å². The number of aromatic carboxylic acids is 1. The molecule has 0 aliphatic carbocycles. The predicted octanol–water partition coefficient (Wildman–Crippen LogP) is 3.10. The molecule has 0 unspecified atom stereocenters. The minimum absolute atomic E-state index is 0.0675. The van der Waals surface area contributed by atoms with E-state index in [1.807, 2.05) is 31.2 Å². The van der Waals surface area contributed by atoms with Crippen molar-refractivity contribution in [1.29, 1.82) is 0 Å². The van der Waals surface area contributed by atoms with E-state index in [0.29, 0.717) is 25.3 Å². The number of benzene rings is 1. The van der Waals surface area contributed by atoms with Crippen molar-refractivity contribution in [3.8, 4) is 5.75 Å². The molecule has 1 heterocycles. The smallest absolute Gasteiger partial charge is 0.358 e. The Bertz CT molecular complexity index is 635. The van der Waals surface area contributed by atoms with E-state index in [-0.39, 0.29) is 5.69 Å². The Balaban J connectivity index is 1.89. The molecule has 0 atom stereocenters. The van der Waals surface area contributed by atoms with Gasteiger partial charge in [0, 0.05) is 13.0 Å². The van der Waals surface area contributed by atoms with Crippen LogP contribution in [0.25, 0.3) is 0 Å². The zero-order valence-electron chi connectivity index (χ0n) is 13.7. The lowest BCUT2D eigenvalue weighted by Gasteiger charge is -2.08. The van der Waals surface area contributed by atoms with Gasteiger partial charge in [0.1, 0.15) is 5.75 Å². The first-order chi connectivity index (χ1) is 11.1. The first kappa shape index (κ1) is 17.0. The third-order valence-electron chi connectivity index (χ3n) is 3.61. The van der Waals surface area contributed by atoms with Crippen molar-refractivity contribution >= 4 is 5.97 Å². The normalized spacial score (nSPS) is 10.7. The van der Waals surface area contributed by atoms with Crippen LogP contribution in [0.2, 0.25) is 0 Å². The number of ether oxygens (including phenoxy) is 1. The average molecular weight is 317 g/mol. The molecule has 6 nitrogen and oxygen atoms in total. The molecule has 0 saturated carbocycles. The number of carboxylic acids is 1. The SMILES string of the molecule is CCCCc1c(C(=O)O)nnn1CCCOc1ccc(C)cc1. The van der Waals surface area contributed by atoms with Gasteiger partial charge >= 0.3 is 5.97 Å². The fourth-order valence-electron chi connectivity index (χ4n) is 2.31. The average Bonchev–Trinajstić information content (AvgIpc) is 2.94. The number of nitrogens with zero attached hydrogens (tertiary/aromatic N) is 3. The van der Waals surface area contributed by atoms with E-state index in [0.717, 1.165) is 25.0 Å². The summed E-state index contributed by atoms with van der Waals surface area (Å²) in [6.45, 7) is 5.26. The van der Waals surface area contributed by atoms with Gasteiger partial charge in [0.05, 0.1) is 12.3 Å². The largest absolute Gasteiger partial charge is 0.494 e. The van der Waals surface area contributed by atoms with Crippen molar-refractivity contribution in [2.24, 2.45) is 0 Å². The Hall–Kier alpha value is -2.37. The quantitative estimate of drug-likeness (QED) is 0.719. The van der Waals surface area contributed by atoms with Crippen molar-refractivity contribution in [3.63, 3.8) is 0 Å². The standard InChI is InChI=1S/C17H23N3O3/c1-3-4-6-15-16(17(21)22)18-19-20(15)11-5-12-23-14-9-7-13(2)8-10-14/h7-10H,3-6,11-12H2,1-2H3,(H,21,22). The molecule has 23 heavy (non-hydrogen) atoms. The summed E-state index contributed by atoms with van der Waals surface area (Å²) in [5.74, 6) is -0.176. The first-order valence-electron chi connectivity index (χ1n) is 7.97. The minimum Gasteiger partial charge on any atom is -0.494 e. The van der Waals surface area contributed by atoms with Crippen LogP contribution in [0.3, 0.4) is 0 Å². The lowest BCUT2D eigenvalue weighted by atomic mass is 10.1. The third kappa shape index (κ3) is 4.81. The van der Waals surface area contributed by atoms with Crippen molar-refractivity contribution in [1.82, 2.24) is 15.0 Å². The van der Waals surface area contributed by atoms with Gasteiger partial charge < -0.3 is 9.84 Å². The molecule has 1 aromatic heterocycles. The van der Waals surface area contributed by atoms with Gasteiger partial charge in [0.2, 0.25) is 0 Å². The summed E-state index contributed by atoms with van der Waals surface area (Å²) in [6.07, 6.45) is 3.35. The Kier molecular flexibility index (Phi) is 6.14. The highest BCUT2D eigenvalue weighted by atomic mass is 16.5. The fraction of sp³-hybridized carbons (Fsp3) is 0.471. The molecule has 1 aromatic carbocycles. The maximum Gasteiger partial charge on any atom is 0.358 e. The van der Waals surface area contributed by atoms with Gasteiger partial charge in [0.25, 0.3) is 0 Å². The van der Waals surface area contributed by atoms with E-state index in [4.69, 9.17) is 4.74 Å². The molecule has 0 saturated heterocycles. The summed E-state index contributed by atoms with van der Waals surface area (Å²) in [5, 5.41) is 16.9.